The Hall–Kier alpha value is -2.92. The van der Waals surface area contributed by atoms with E-state index in [0.717, 1.165) is 12.1 Å². The van der Waals surface area contributed by atoms with E-state index in [2.05, 4.69) is 21.7 Å². The molecule has 154 valence electrons. The molecule has 4 aromatic rings. The van der Waals surface area contributed by atoms with Crippen LogP contribution in [-0.2, 0) is 18.5 Å². The third kappa shape index (κ3) is 4.03. The second kappa shape index (κ2) is 8.07. The lowest BCUT2D eigenvalue weighted by Gasteiger charge is -2.08. The molecule has 0 aliphatic carbocycles. The summed E-state index contributed by atoms with van der Waals surface area (Å²) in [4.78, 5) is 22.0. The van der Waals surface area contributed by atoms with E-state index in [1.807, 2.05) is 0 Å². The van der Waals surface area contributed by atoms with Crippen LogP contribution in [0.15, 0.2) is 62.8 Å². The number of hydrogen-bond donors (Lipinski definition) is 0. The molecule has 0 bridgehead atoms. The minimum absolute atomic E-state index is 0.153. The predicted molar refractivity (Wildman–Crippen MR) is 108 cm³/mol. The highest BCUT2D eigenvalue weighted by atomic mass is 32.2. The number of fused-ring (bicyclic) bond motifs is 1. The fraction of sp³-hybridized carbons (Fsp3) is 0.158. The van der Waals surface area contributed by atoms with E-state index in [1.54, 1.807) is 17.5 Å². The van der Waals surface area contributed by atoms with E-state index in [9.17, 15) is 18.0 Å². The summed E-state index contributed by atoms with van der Waals surface area (Å²) in [6.45, 7) is 3.98. The summed E-state index contributed by atoms with van der Waals surface area (Å²) in [6.07, 6.45) is -2.80. The molecule has 1 aromatic carbocycles. The van der Waals surface area contributed by atoms with Crippen LogP contribution in [0.5, 0.6) is 0 Å². The Balaban J connectivity index is 1.54. The van der Waals surface area contributed by atoms with Gasteiger partial charge in [0, 0.05) is 12.1 Å². The Bertz CT molecular complexity index is 1260. The first kappa shape index (κ1) is 20.4. The van der Waals surface area contributed by atoms with Crippen molar-refractivity contribution in [3.8, 4) is 11.4 Å². The Labute approximate surface area is 176 Å². The van der Waals surface area contributed by atoms with Crippen molar-refractivity contribution in [3.63, 3.8) is 0 Å². The second-order valence-corrected chi connectivity index (χ2v) is 7.95. The Morgan fingerprint density at radius 2 is 1.97 bits per heavy atom. The molecule has 0 spiro atoms. The van der Waals surface area contributed by atoms with Gasteiger partial charge < -0.3 is 4.52 Å². The topological polar surface area (TPSA) is 73.8 Å². The van der Waals surface area contributed by atoms with Crippen molar-refractivity contribution in [3.05, 3.63) is 70.2 Å². The number of aromatic nitrogens is 4. The zero-order valence-electron chi connectivity index (χ0n) is 15.2. The van der Waals surface area contributed by atoms with E-state index in [0.29, 0.717) is 27.5 Å². The molecule has 0 aliphatic heterocycles. The van der Waals surface area contributed by atoms with Crippen LogP contribution >= 0.6 is 23.1 Å². The molecule has 3 heterocycles. The van der Waals surface area contributed by atoms with Crippen LogP contribution in [0.25, 0.3) is 21.6 Å². The predicted octanol–water partition coefficient (Wildman–Crippen LogP) is 5.01. The number of benzene rings is 1. The first-order valence-corrected chi connectivity index (χ1v) is 10.5. The number of nitrogens with zero attached hydrogens (tertiary/aromatic N) is 4. The van der Waals surface area contributed by atoms with Crippen molar-refractivity contribution < 1.29 is 17.7 Å². The molecule has 0 N–H and O–H groups in total. The van der Waals surface area contributed by atoms with Crippen LogP contribution in [-0.4, -0.2) is 19.7 Å². The molecule has 4 rings (SSSR count). The first-order chi connectivity index (χ1) is 14.4. The molecule has 0 saturated heterocycles. The van der Waals surface area contributed by atoms with Gasteiger partial charge in [-0.05, 0) is 23.6 Å². The van der Waals surface area contributed by atoms with Gasteiger partial charge in [-0.25, -0.2) is 4.98 Å². The zero-order chi connectivity index (χ0) is 21.3. The van der Waals surface area contributed by atoms with Crippen molar-refractivity contribution in [2.75, 3.05) is 0 Å². The van der Waals surface area contributed by atoms with Crippen LogP contribution in [0.1, 0.15) is 11.5 Å². The third-order valence-electron chi connectivity index (χ3n) is 4.12. The second-order valence-electron chi connectivity index (χ2n) is 6.11. The standard InChI is InChI=1S/C19H13F3N4O2S2/c1-2-8-26-17(27)13-7-9-29-16(13)24-18(26)30-10-14-23-15(25-28-14)11-3-5-12(6-4-11)19(20,21)22/h2-7,9H,1,8,10H2. The maximum absolute atomic E-state index is 12.7. The summed E-state index contributed by atoms with van der Waals surface area (Å²) >= 11 is 2.63. The highest BCUT2D eigenvalue weighted by Crippen LogP contribution is 2.31. The van der Waals surface area contributed by atoms with Gasteiger partial charge in [0.2, 0.25) is 11.7 Å². The van der Waals surface area contributed by atoms with Crippen molar-refractivity contribution in [1.82, 2.24) is 19.7 Å². The van der Waals surface area contributed by atoms with Gasteiger partial charge in [-0.2, -0.15) is 18.2 Å². The molecule has 11 heteroatoms. The monoisotopic (exact) mass is 450 g/mol. The molecular formula is C19H13F3N4O2S2. The molecular weight excluding hydrogens is 437 g/mol. The lowest BCUT2D eigenvalue weighted by molar-refractivity contribution is -0.137. The van der Waals surface area contributed by atoms with Gasteiger partial charge in [0.05, 0.1) is 16.7 Å². The summed E-state index contributed by atoms with van der Waals surface area (Å²) in [5.74, 6) is 0.693. The molecule has 0 atom stereocenters. The van der Waals surface area contributed by atoms with Crippen LogP contribution in [0.4, 0.5) is 13.2 Å². The summed E-state index contributed by atoms with van der Waals surface area (Å²) in [6, 6.07) is 6.25. The van der Waals surface area contributed by atoms with Gasteiger partial charge in [0.15, 0.2) is 5.16 Å². The van der Waals surface area contributed by atoms with Gasteiger partial charge in [0.1, 0.15) is 4.83 Å². The zero-order valence-corrected chi connectivity index (χ0v) is 16.9. The number of alkyl halides is 3. The van der Waals surface area contributed by atoms with E-state index in [4.69, 9.17) is 4.52 Å². The number of hydrogen-bond acceptors (Lipinski definition) is 7. The van der Waals surface area contributed by atoms with Crippen LogP contribution in [0.2, 0.25) is 0 Å². The van der Waals surface area contributed by atoms with Gasteiger partial charge in [-0.3, -0.25) is 9.36 Å². The maximum atomic E-state index is 12.7. The quantitative estimate of drug-likeness (QED) is 0.234. The Morgan fingerprint density at radius 1 is 1.20 bits per heavy atom. The highest BCUT2D eigenvalue weighted by Gasteiger charge is 2.30. The number of allylic oxidation sites excluding steroid dienone is 1. The van der Waals surface area contributed by atoms with Crippen LogP contribution < -0.4 is 5.56 Å². The molecule has 0 saturated carbocycles. The van der Waals surface area contributed by atoms with E-state index in [1.165, 1.54) is 39.8 Å². The van der Waals surface area contributed by atoms with E-state index >= 15 is 0 Å². The molecule has 30 heavy (non-hydrogen) atoms. The summed E-state index contributed by atoms with van der Waals surface area (Å²) in [5.41, 5.74) is -0.495. The lowest BCUT2D eigenvalue weighted by Crippen LogP contribution is -2.22. The summed E-state index contributed by atoms with van der Waals surface area (Å²) in [7, 11) is 0. The van der Waals surface area contributed by atoms with Gasteiger partial charge >= 0.3 is 6.18 Å². The van der Waals surface area contributed by atoms with Gasteiger partial charge in [-0.1, -0.05) is 35.1 Å². The normalized spacial score (nSPS) is 11.8. The summed E-state index contributed by atoms with van der Waals surface area (Å²) < 4.78 is 44.8. The van der Waals surface area contributed by atoms with Gasteiger partial charge in [0.25, 0.3) is 5.56 Å². The van der Waals surface area contributed by atoms with E-state index in [-0.39, 0.29) is 23.0 Å². The fourth-order valence-electron chi connectivity index (χ4n) is 2.70. The van der Waals surface area contributed by atoms with Crippen molar-refractivity contribution in [1.29, 1.82) is 0 Å². The SMILES string of the molecule is C=CCn1c(SCc2nc(-c3ccc(C(F)(F)F)cc3)no2)nc2sccc2c1=O. The lowest BCUT2D eigenvalue weighted by atomic mass is 10.1. The minimum atomic E-state index is -4.41. The molecule has 0 amide bonds. The Morgan fingerprint density at radius 3 is 2.67 bits per heavy atom. The van der Waals surface area contributed by atoms with E-state index < -0.39 is 11.7 Å². The number of halogens is 3. The average molecular weight is 450 g/mol. The molecule has 3 aromatic heterocycles. The first-order valence-electron chi connectivity index (χ1n) is 8.59. The molecule has 0 aliphatic rings. The smallest absolute Gasteiger partial charge is 0.338 e. The molecule has 6 nitrogen and oxygen atoms in total. The molecule has 0 unspecified atom stereocenters. The number of rotatable bonds is 6. The number of thioether (sulfide) groups is 1. The van der Waals surface area contributed by atoms with Crippen LogP contribution in [0, 0.1) is 0 Å². The maximum Gasteiger partial charge on any atom is 0.416 e. The third-order valence-corrected chi connectivity index (χ3v) is 5.89. The van der Waals surface area contributed by atoms with Crippen molar-refractivity contribution >= 4 is 33.3 Å². The Kier molecular flexibility index (Phi) is 5.48. The number of thiophene rings is 1. The largest absolute Gasteiger partial charge is 0.416 e. The molecule has 0 radical (unpaired) electrons. The van der Waals surface area contributed by atoms with Gasteiger partial charge in [-0.15, -0.1) is 17.9 Å². The minimum Gasteiger partial charge on any atom is -0.338 e. The van der Waals surface area contributed by atoms with Crippen LogP contribution in [0.3, 0.4) is 0 Å². The average Bonchev–Trinajstić information content (AvgIpc) is 3.38. The summed E-state index contributed by atoms with van der Waals surface area (Å²) in [5, 5.41) is 6.67. The fourth-order valence-corrected chi connectivity index (χ4v) is 4.35. The highest BCUT2D eigenvalue weighted by molar-refractivity contribution is 7.98. The van der Waals surface area contributed by atoms with Crippen molar-refractivity contribution in [2.24, 2.45) is 0 Å². The molecule has 0 fully saturated rings. The van der Waals surface area contributed by atoms with Crippen molar-refractivity contribution in [2.45, 2.75) is 23.6 Å².